The Morgan fingerprint density at radius 1 is 1.09 bits per heavy atom. The van der Waals surface area contributed by atoms with E-state index < -0.39 is 0 Å². The van der Waals surface area contributed by atoms with E-state index in [1.54, 1.807) is 27.8 Å². The monoisotopic (exact) mass is 450 g/mol. The summed E-state index contributed by atoms with van der Waals surface area (Å²) in [4.78, 5) is 27.5. The lowest BCUT2D eigenvalue weighted by Gasteiger charge is -2.20. The molecule has 3 aromatic rings. The molecular weight excluding hydrogens is 423 g/mol. The van der Waals surface area contributed by atoms with E-state index in [4.69, 9.17) is 4.74 Å². The first-order valence-electron chi connectivity index (χ1n) is 11.0. The molecule has 2 heterocycles. The van der Waals surface area contributed by atoms with Crippen molar-refractivity contribution in [3.63, 3.8) is 0 Å². The standard InChI is InChI=1S/C25H27FN4O3/c1-17(2)33-21-10-6-18(7-11-21)15-27-24(31)22-14-23-25(32)29(12-3-13-30(23)28-22)16-19-4-8-20(26)9-5-19/h4-11,14,17H,3,12-13,15-16H2,1-2H3,(H,27,31). The third-order valence-corrected chi connectivity index (χ3v) is 5.35. The van der Waals surface area contributed by atoms with Crippen molar-refractivity contribution in [2.24, 2.45) is 0 Å². The number of hydrogen-bond donors (Lipinski definition) is 1. The predicted octanol–water partition coefficient (Wildman–Crippen LogP) is 3.79. The summed E-state index contributed by atoms with van der Waals surface area (Å²) in [6.07, 6.45) is 0.814. The lowest BCUT2D eigenvalue weighted by molar-refractivity contribution is 0.0745. The van der Waals surface area contributed by atoms with E-state index in [0.29, 0.717) is 38.3 Å². The molecule has 1 aromatic heterocycles. The molecule has 0 radical (unpaired) electrons. The molecule has 0 fully saturated rings. The van der Waals surface area contributed by atoms with Gasteiger partial charge in [0, 0.05) is 32.2 Å². The largest absolute Gasteiger partial charge is 0.491 e. The second-order valence-corrected chi connectivity index (χ2v) is 8.34. The Balaban J connectivity index is 1.40. The normalized spacial score (nSPS) is 13.6. The Morgan fingerprint density at radius 2 is 1.79 bits per heavy atom. The maximum Gasteiger partial charge on any atom is 0.272 e. The van der Waals surface area contributed by atoms with Crippen LogP contribution in [0.3, 0.4) is 0 Å². The molecule has 2 amide bonds. The number of carbonyl (C=O) groups is 2. The molecule has 0 saturated heterocycles. The molecule has 8 heteroatoms. The van der Waals surface area contributed by atoms with Crippen molar-refractivity contribution in [3.8, 4) is 5.75 Å². The van der Waals surface area contributed by atoms with E-state index >= 15 is 0 Å². The first-order chi connectivity index (χ1) is 15.9. The molecule has 0 saturated carbocycles. The van der Waals surface area contributed by atoms with Gasteiger partial charge in [-0.2, -0.15) is 5.10 Å². The molecule has 1 aliphatic heterocycles. The second-order valence-electron chi connectivity index (χ2n) is 8.34. The smallest absolute Gasteiger partial charge is 0.272 e. The van der Waals surface area contributed by atoms with Crippen LogP contribution in [0.4, 0.5) is 4.39 Å². The number of aromatic nitrogens is 2. The molecule has 2 aromatic carbocycles. The van der Waals surface area contributed by atoms with Crippen molar-refractivity contribution in [2.75, 3.05) is 6.54 Å². The molecule has 0 bridgehead atoms. The highest BCUT2D eigenvalue weighted by Crippen LogP contribution is 2.18. The molecular formula is C25H27FN4O3. The molecule has 0 atom stereocenters. The van der Waals surface area contributed by atoms with E-state index in [9.17, 15) is 14.0 Å². The summed E-state index contributed by atoms with van der Waals surface area (Å²) in [5.41, 5.74) is 2.37. The van der Waals surface area contributed by atoms with Gasteiger partial charge in [-0.3, -0.25) is 14.3 Å². The quantitative estimate of drug-likeness (QED) is 0.594. The van der Waals surface area contributed by atoms with Gasteiger partial charge in [-0.1, -0.05) is 24.3 Å². The van der Waals surface area contributed by atoms with Crippen LogP contribution in [0.2, 0.25) is 0 Å². The van der Waals surface area contributed by atoms with Crippen molar-refractivity contribution in [2.45, 2.75) is 46.0 Å². The fourth-order valence-electron chi connectivity index (χ4n) is 3.74. The summed E-state index contributed by atoms with van der Waals surface area (Å²) in [6.45, 7) is 5.76. The first kappa shape index (κ1) is 22.5. The van der Waals surface area contributed by atoms with Crippen molar-refractivity contribution in [3.05, 3.63) is 82.9 Å². The number of carbonyl (C=O) groups excluding carboxylic acids is 2. The van der Waals surface area contributed by atoms with Gasteiger partial charge in [0.05, 0.1) is 6.10 Å². The van der Waals surface area contributed by atoms with Gasteiger partial charge in [0.1, 0.15) is 17.3 Å². The van der Waals surface area contributed by atoms with Gasteiger partial charge < -0.3 is 15.0 Å². The zero-order valence-electron chi connectivity index (χ0n) is 18.8. The topological polar surface area (TPSA) is 76.5 Å². The van der Waals surface area contributed by atoms with Crippen LogP contribution in [0.5, 0.6) is 5.75 Å². The third-order valence-electron chi connectivity index (χ3n) is 5.35. The van der Waals surface area contributed by atoms with Crippen molar-refractivity contribution in [1.82, 2.24) is 20.0 Å². The molecule has 1 aliphatic rings. The summed E-state index contributed by atoms with van der Waals surface area (Å²) < 4.78 is 20.4. The van der Waals surface area contributed by atoms with Crippen molar-refractivity contribution in [1.29, 1.82) is 0 Å². The van der Waals surface area contributed by atoms with Crippen LogP contribution in [0, 0.1) is 5.82 Å². The number of rotatable bonds is 7. The predicted molar refractivity (Wildman–Crippen MR) is 121 cm³/mol. The Bertz CT molecular complexity index is 1120. The molecule has 4 rings (SSSR count). The van der Waals surface area contributed by atoms with Gasteiger partial charge in [-0.05, 0) is 55.7 Å². The Labute approximate surface area is 192 Å². The van der Waals surface area contributed by atoms with Crippen LogP contribution in [0.1, 0.15) is 52.4 Å². The van der Waals surface area contributed by atoms with E-state index in [-0.39, 0.29) is 29.4 Å². The molecule has 0 spiro atoms. The second kappa shape index (κ2) is 9.85. The van der Waals surface area contributed by atoms with Gasteiger partial charge in [-0.15, -0.1) is 0 Å². The van der Waals surface area contributed by atoms with Crippen LogP contribution in [0.25, 0.3) is 0 Å². The Morgan fingerprint density at radius 3 is 2.48 bits per heavy atom. The minimum absolute atomic E-state index is 0.0982. The lowest BCUT2D eigenvalue weighted by atomic mass is 10.2. The van der Waals surface area contributed by atoms with E-state index in [1.165, 1.54) is 12.1 Å². The molecule has 7 nitrogen and oxygen atoms in total. The first-order valence-corrected chi connectivity index (χ1v) is 11.0. The third kappa shape index (κ3) is 5.58. The number of amides is 2. The van der Waals surface area contributed by atoms with E-state index in [1.807, 2.05) is 38.1 Å². The number of fused-ring (bicyclic) bond motifs is 1. The lowest BCUT2D eigenvalue weighted by Crippen LogP contribution is -2.30. The number of benzene rings is 2. The van der Waals surface area contributed by atoms with E-state index in [2.05, 4.69) is 10.4 Å². The van der Waals surface area contributed by atoms with Gasteiger partial charge in [0.2, 0.25) is 0 Å². The van der Waals surface area contributed by atoms with Crippen molar-refractivity contribution < 1.29 is 18.7 Å². The van der Waals surface area contributed by atoms with Crippen molar-refractivity contribution >= 4 is 11.8 Å². The highest BCUT2D eigenvalue weighted by atomic mass is 19.1. The highest BCUT2D eigenvalue weighted by Gasteiger charge is 2.26. The van der Waals surface area contributed by atoms with Gasteiger partial charge in [0.25, 0.3) is 11.8 Å². The van der Waals surface area contributed by atoms with Crippen LogP contribution < -0.4 is 10.1 Å². The fourth-order valence-corrected chi connectivity index (χ4v) is 3.74. The average molecular weight is 451 g/mol. The van der Waals surface area contributed by atoms with Gasteiger partial charge >= 0.3 is 0 Å². The Hall–Kier alpha value is -3.68. The number of ether oxygens (including phenoxy) is 1. The average Bonchev–Trinajstić information content (AvgIpc) is 3.17. The van der Waals surface area contributed by atoms with Crippen LogP contribution >= 0.6 is 0 Å². The van der Waals surface area contributed by atoms with Crippen LogP contribution in [-0.2, 0) is 19.6 Å². The van der Waals surface area contributed by atoms with Crippen LogP contribution in [-0.4, -0.2) is 39.1 Å². The minimum atomic E-state index is -0.337. The molecule has 33 heavy (non-hydrogen) atoms. The number of nitrogens with one attached hydrogen (secondary N) is 1. The highest BCUT2D eigenvalue weighted by molar-refractivity contribution is 5.98. The summed E-state index contributed by atoms with van der Waals surface area (Å²) in [5.74, 6) is -0.0591. The fraction of sp³-hybridized carbons (Fsp3) is 0.320. The maximum absolute atomic E-state index is 13.2. The summed E-state index contributed by atoms with van der Waals surface area (Å²) >= 11 is 0. The summed E-state index contributed by atoms with van der Waals surface area (Å²) in [6, 6.07) is 15.2. The minimum Gasteiger partial charge on any atom is -0.491 e. The molecule has 0 unspecified atom stereocenters. The maximum atomic E-state index is 13.2. The zero-order chi connectivity index (χ0) is 23.4. The number of nitrogens with zero attached hydrogens (tertiary/aromatic N) is 3. The van der Waals surface area contributed by atoms with Crippen LogP contribution in [0.15, 0.2) is 54.6 Å². The summed E-state index contributed by atoms with van der Waals surface area (Å²) in [5, 5.41) is 7.22. The molecule has 172 valence electrons. The number of halogens is 1. The number of hydrogen-bond acceptors (Lipinski definition) is 4. The van der Waals surface area contributed by atoms with E-state index in [0.717, 1.165) is 16.9 Å². The molecule has 1 N–H and O–H groups in total. The van der Waals surface area contributed by atoms with Gasteiger partial charge in [-0.25, -0.2) is 4.39 Å². The SMILES string of the molecule is CC(C)Oc1ccc(CNC(=O)c2cc3n(n2)CCCN(Cc2ccc(F)cc2)C3=O)cc1. The summed E-state index contributed by atoms with van der Waals surface area (Å²) in [7, 11) is 0. The zero-order valence-corrected chi connectivity index (χ0v) is 18.8. The Kier molecular flexibility index (Phi) is 6.72. The van der Waals surface area contributed by atoms with Gasteiger partial charge in [0.15, 0.2) is 5.69 Å². The number of aryl methyl sites for hydroxylation is 1. The molecule has 0 aliphatic carbocycles.